The van der Waals surface area contributed by atoms with Gasteiger partial charge in [-0.1, -0.05) is 31.2 Å². The number of carbonyl (C=O) groups excluding carboxylic acids is 1. The summed E-state index contributed by atoms with van der Waals surface area (Å²) in [5, 5.41) is 2.94. The van der Waals surface area contributed by atoms with Crippen LogP contribution in [-0.2, 0) is 13.0 Å². The average Bonchev–Trinajstić information content (AvgIpc) is 3.08. The minimum Gasteiger partial charge on any atom is -0.333 e. The number of aryl methyl sites for hydroxylation is 1. The lowest BCUT2D eigenvalue weighted by atomic mass is 10.1. The third-order valence-electron chi connectivity index (χ3n) is 3.73. The number of imidazole rings is 1. The first-order valence-corrected chi connectivity index (χ1v) is 7.69. The zero-order chi connectivity index (χ0) is 16.1. The van der Waals surface area contributed by atoms with Crippen molar-refractivity contribution in [2.45, 2.75) is 19.9 Å². The van der Waals surface area contributed by atoms with Gasteiger partial charge >= 0.3 is 0 Å². The maximum atomic E-state index is 12.3. The lowest BCUT2D eigenvalue weighted by molar-refractivity contribution is 0.102. The van der Waals surface area contributed by atoms with E-state index in [0.717, 1.165) is 24.2 Å². The van der Waals surface area contributed by atoms with Crippen LogP contribution in [0, 0.1) is 0 Å². The highest BCUT2D eigenvalue weighted by molar-refractivity contribution is 6.04. The van der Waals surface area contributed by atoms with Crippen molar-refractivity contribution in [2.24, 2.45) is 0 Å². The third-order valence-corrected chi connectivity index (χ3v) is 3.73. The Morgan fingerprint density at radius 2 is 1.96 bits per heavy atom. The summed E-state index contributed by atoms with van der Waals surface area (Å²) in [5.74, 6) is -0.0903. The first-order chi connectivity index (χ1) is 11.2. The average molecular weight is 305 g/mol. The summed E-state index contributed by atoms with van der Waals surface area (Å²) in [6.07, 6.45) is 6.40. The molecular formula is C19H19N3O. The molecule has 116 valence electrons. The Morgan fingerprint density at radius 3 is 2.65 bits per heavy atom. The van der Waals surface area contributed by atoms with Crippen LogP contribution in [0.3, 0.4) is 0 Å². The molecule has 0 atom stereocenters. The normalized spacial score (nSPS) is 10.5. The molecule has 1 heterocycles. The van der Waals surface area contributed by atoms with Gasteiger partial charge in [-0.2, -0.15) is 0 Å². The fourth-order valence-electron chi connectivity index (χ4n) is 2.42. The van der Waals surface area contributed by atoms with Crippen LogP contribution in [0.25, 0.3) is 0 Å². The maximum absolute atomic E-state index is 12.3. The minimum absolute atomic E-state index is 0.0903. The molecule has 3 rings (SSSR count). The van der Waals surface area contributed by atoms with E-state index in [1.165, 1.54) is 5.56 Å². The molecule has 0 aliphatic rings. The molecule has 1 aromatic heterocycles. The summed E-state index contributed by atoms with van der Waals surface area (Å²) in [6, 6.07) is 15.6. The van der Waals surface area contributed by atoms with Gasteiger partial charge in [-0.25, -0.2) is 4.98 Å². The second-order valence-electron chi connectivity index (χ2n) is 5.44. The number of benzene rings is 2. The van der Waals surface area contributed by atoms with Gasteiger partial charge in [0, 0.05) is 30.2 Å². The SMILES string of the molecule is CCc1cccc(NC(=O)c2ccc(Cn3ccnc3)cc2)c1. The van der Waals surface area contributed by atoms with E-state index >= 15 is 0 Å². The zero-order valence-electron chi connectivity index (χ0n) is 13.1. The Labute approximate surface area is 135 Å². The first-order valence-electron chi connectivity index (χ1n) is 7.69. The maximum Gasteiger partial charge on any atom is 0.255 e. The Kier molecular flexibility index (Phi) is 4.52. The quantitative estimate of drug-likeness (QED) is 0.780. The largest absolute Gasteiger partial charge is 0.333 e. The van der Waals surface area contributed by atoms with Crippen molar-refractivity contribution in [3.8, 4) is 0 Å². The topological polar surface area (TPSA) is 46.9 Å². The van der Waals surface area contributed by atoms with Crippen LogP contribution in [0.5, 0.6) is 0 Å². The van der Waals surface area contributed by atoms with E-state index < -0.39 is 0 Å². The number of hydrogen-bond donors (Lipinski definition) is 1. The Hall–Kier alpha value is -2.88. The lowest BCUT2D eigenvalue weighted by Crippen LogP contribution is -2.12. The van der Waals surface area contributed by atoms with Gasteiger partial charge in [-0.15, -0.1) is 0 Å². The van der Waals surface area contributed by atoms with Gasteiger partial charge in [0.25, 0.3) is 5.91 Å². The van der Waals surface area contributed by atoms with Gasteiger partial charge in [-0.3, -0.25) is 4.79 Å². The van der Waals surface area contributed by atoms with Crippen LogP contribution >= 0.6 is 0 Å². The molecule has 3 aromatic rings. The molecule has 0 spiro atoms. The fourth-order valence-corrected chi connectivity index (χ4v) is 2.42. The molecule has 0 aliphatic heterocycles. The second-order valence-corrected chi connectivity index (χ2v) is 5.44. The predicted molar refractivity (Wildman–Crippen MR) is 91.5 cm³/mol. The number of aromatic nitrogens is 2. The lowest BCUT2D eigenvalue weighted by Gasteiger charge is -2.08. The highest BCUT2D eigenvalue weighted by atomic mass is 16.1. The Bertz CT molecular complexity index is 777. The number of carbonyl (C=O) groups is 1. The van der Waals surface area contributed by atoms with Gasteiger partial charge in [0.1, 0.15) is 0 Å². The van der Waals surface area contributed by atoms with E-state index in [1.807, 2.05) is 53.2 Å². The van der Waals surface area contributed by atoms with E-state index in [9.17, 15) is 4.79 Å². The van der Waals surface area contributed by atoms with Crippen LogP contribution in [0.15, 0.2) is 67.3 Å². The van der Waals surface area contributed by atoms with E-state index in [4.69, 9.17) is 0 Å². The monoisotopic (exact) mass is 305 g/mol. The number of hydrogen-bond acceptors (Lipinski definition) is 2. The van der Waals surface area contributed by atoms with Gasteiger partial charge < -0.3 is 9.88 Å². The molecule has 4 nitrogen and oxygen atoms in total. The molecule has 0 saturated carbocycles. The highest BCUT2D eigenvalue weighted by Gasteiger charge is 2.06. The zero-order valence-corrected chi connectivity index (χ0v) is 13.1. The van der Waals surface area contributed by atoms with Crippen molar-refractivity contribution < 1.29 is 4.79 Å². The molecular weight excluding hydrogens is 286 g/mol. The molecule has 1 N–H and O–H groups in total. The van der Waals surface area contributed by atoms with Crippen LogP contribution < -0.4 is 5.32 Å². The fraction of sp³-hybridized carbons (Fsp3) is 0.158. The van der Waals surface area contributed by atoms with E-state index in [2.05, 4.69) is 23.3 Å². The van der Waals surface area contributed by atoms with Crippen LogP contribution in [0.4, 0.5) is 5.69 Å². The van der Waals surface area contributed by atoms with Crippen molar-refractivity contribution >= 4 is 11.6 Å². The van der Waals surface area contributed by atoms with E-state index in [0.29, 0.717) is 5.56 Å². The summed E-state index contributed by atoms with van der Waals surface area (Å²) >= 11 is 0. The van der Waals surface area contributed by atoms with Crippen LogP contribution in [0.2, 0.25) is 0 Å². The molecule has 0 unspecified atom stereocenters. The van der Waals surface area contributed by atoms with Gasteiger partial charge in [0.05, 0.1) is 6.33 Å². The summed E-state index contributed by atoms with van der Waals surface area (Å²) < 4.78 is 1.99. The van der Waals surface area contributed by atoms with Crippen molar-refractivity contribution in [3.63, 3.8) is 0 Å². The Morgan fingerprint density at radius 1 is 1.13 bits per heavy atom. The molecule has 23 heavy (non-hydrogen) atoms. The standard InChI is InChI=1S/C19H19N3O/c1-2-15-4-3-5-18(12-15)21-19(23)17-8-6-16(7-9-17)13-22-11-10-20-14-22/h3-12,14H,2,13H2,1H3,(H,21,23). The summed E-state index contributed by atoms with van der Waals surface area (Å²) in [7, 11) is 0. The van der Waals surface area contributed by atoms with Crippen LogP contribution in [-0.4, -0.2) is 15.5 Å². The predicted octanol–water partition coefficient (Wildman–Crippen LogP) is 3.75. The van der Waals surface area contributed by atoms with E-state index in [-0.39, 0.29) is 5.91 Å². The smallest absolute Gasteiger partial charge is 0.255 e. The first kappa shape index (κ1) is 15.0. The van der Waals surface area contributed by atoms with Crippen LogP contribution in [0.1, 0.15) is 28.4 Å². The number of rotatable bonds is 5. The van der Waals surface area contributed by atoms with Gasteiger partial charge in [-0.05, 0) is 41.8 Å². The number of nitrogens with zero attached hydrogens (tertiary/aromatic N) is 2. The van der Waals surface area contributed by atoms with E-state index in [1.54, 1.807) is 12.5 Å². The molecule has 4 heteroatoms. The molecule has 2 aromatic carbocycles. The van der Waals surface area contributed by atoms with Crippen molar-refractivity contribution in [1.82, 2.24) is 9.55 Å². The van der Waals surface area contributed by atoms with Crippen molar-refractivity contribution in [3.05, 3.63) is 83.9 Å². The molecule has 0 radical (unpaired) electrons. The second kappa shape index (κ2) is 6.92. The highest BCUT2D eigenvalue weighted by Crippen LogP contribution is 2.13. The van der Waals surface area contributed by atoms with Gasteiger partial charge in [0.15, 0.2) is 0 Å². The van der Waals surface area contributed by atoms with Crippen molar-refractivity contribution in [2.75, 3.05) is 5.32 Å². The Balaban J connectivity index is 1.67. The molecule has 0 saturated heterocycles. The van der Waals surface area contributed by atoms with Gasteiger partial charge in [0.2, 0.25) is 0 Å². The summed E-state index contributed by atoms with van der Waals surface area (Å²) in [5.41, 5.74) is 3.82. The number of amides is 1. The van der Waals surface area contributed by atoms with Crippen molar-refractivity contribution in [1.29, 1.82) is 0 Å². The molecule has 0 fully saturated rings. The molecule has 1 amide bonds. The molecule has 0 bridgehead atoms. The number of nitrogens with one attached hydrogen (secondary N) is 1. The molecule has 0 aliphatic carbocycles. The third kappa shape index (κ3) is 3.86. The summed E-state index contributed by atoms with van der Waals surface area (Å²) in [6.45, 7) is 2.85. The summed E-state index contributed by atoms with van der Waals surface area (Å²) in [4.78, 5) is 16.3. The number of anilines is 1. The minimum atomic E-state index is -0.0903.